The molecule has 0 aliphatic heterocycles. The molecule has 3 N–H and O–H groups in total. The molecular formula is C17H16N2O3. The van der Waals surface area contributed by atoms with E-state index >= 15 is 0 Å². The average Bonchev–Trinajstić information content (AvgIpc) is 2.53. The van der Waals surface area contributed by atoms with Crippen LogP contribution in [0.1, 0.15) is 15.9 Å². The molecule has 0 aromatic heterocycles. The number of hydrogen-bond acceptors (Lipinski definition) is 3. The van der Waals surface area contributed by atoms with E-state index in [1.165, 1.54) is 6.08 Å². The quantitative estimate of drug-likeness (QED) is 0.831. The predicted octanol–water partition coefficient (Wildman–Crippen LogP) is 2.45. The Morgan fingerprint density at radius 1 is 1.09 bits per heavy atom. The SMILES string of the molecule is COc1ccccc1/C=C/C(=O)Nc1ccccc1C(N)=O. The van der Waals surface area contributed by atoms with Crippen LogP contribution in [0.15, 0.2) is 54.6 Å². The van der Waals surface area contributed by atoms with E-state index in [1.807, 2.05) is 18.2 Å². The molecule has 0 radical (unpaired) electrons. The summed E-state index contributed by atoms with van der Waals surface area (Å²) >= 11 is 0. The molecule has 0 aliphatic rings. The zero-order valence-electron chi connectivity index (χ0n) is 12.1. The maximum atomic E-state index is 12.0. The van der Waals surface area contributed by atoms with Gasteiger partial charge in [-0.15, -0.1) is 0 Å². The van der Waals surface area contributed by atoms with Gasteiger partial charge >= 0.3 is 0 Å². The van der Waals surface area contributed by atoms with Crippen molar-refractivity contribution in [3.8, 4) is 5.75 Å². The van der Waals surface area contributed by atoms with Gasteiger partial charge in [0.15, 0.2) is 0 Å². The van der Waals surface area contributed by atoms with Gasteiger partial charge in [-0.2, -0.15) is 0 Å². The Kier molecular flexibility index (Phi) is 4.93. The molecule has 0 fully saturated rings. The first-order chi connectivity index (χ1) is 10.6. The minimum Gasteiger partial charge on any atom is -0.496 e. The largest absolute Gasteiger partial charge is 0.496 e. The normalized spacial score (nSPS) is 10.4. The minimum absolute atomic E-state index is 0.265. The molecule has 0 spiro atoms. The molecule has 0 aliphatic carbocycles. The third-order valence-corrected chi connectivity index (χ3v) is 3.00. The van der Waals surface area contributed by atoms with Gasteiger partial charge in [-0.3, -0.25) is 9.59 Å². The van der Waals surface area contributed by atoms with Crippen molar-refractivity contribution in [3.05, 3.63) is 65.7 Å². The summed E-state index contributed by atoms with van der Waals surface area (Å²) in [6.07, 6.45) is 3.01. The molecule has 0 saturated carbocycles. The van der Waals surface area contributed by atoms with Crippen LogP contribution in [0.25, 0.3) is 6.08 Å². The number of anilines is 1. The number of carbonyl (C=O) groups is 2. The van der Waals surface area contributed by atoms with Crippen molar-refractivity contribution in [2.24, 2.45) is 5.73 Å². The Labute approximate surface area is 128 Å². The highest BCUT2D eigenvalue weighted by Gasteiger charge is 2.08. The van der Waals surface area contributed by atoms with E-state index in [2.05, 4.69) is 5.32 Å². The second-order valence-corrected chi connectivity index (χ2v) is 4.47. The van der Waals surface area contributed by atoms with Crippen LogP contribution < -0.4 is 15.8 Å². The minimum atomic E-state index is -0.593. The number of benzene rings is 2. The zero-order chi connectivity index (χ0) is 15.9. The summed E-state index contributed by atoms with van der Waals surface area (Å²) in [5.41, 5.74) is 6.69. The monoisotopic (exact) mass is 296 g/mol. The van der Waals surface area contributed by atoms with Gasteiger partial charge in [-0.25, -0.2) is 0 Å². The lowest BCUT2D eigenvalue weighted by atomic mass is 10.1. The van der Waals surface area contributed by atoms with Crippen molar-refractivity contribution in [2.45, 2.75) is 0 Å². The van der Waals surface area contributed by atoms with E-state index in [0.29, 0.717) is 11.4 Å². The van der Waals surface area contributed by atoms with Crippen LogP contribution in [0, 0.1) is 0 Å². The summed E-state index contributed by atoms with van der Waals surface area (Å²) in [4.78, 5) is 23.3. The molecule has 0 atom stereocenters. The summed E-state index contributed by atoms with van der Waals surface area (Å²) in [5, 5.41) is 2.63. The molecule has 22 heavy (non-hydrogen) atoms. The highest BCUT2D eigenvalue weighted by atomic mass is 16.5. The Morgan fingerprint density at radius 3 is 2.50 bits per heavy atom. The number of rotatable bonds is 5. The van der Waals surface area contributed by atoms with Crippen molar-refractivity contribution in [1.82, 2.24) is 0 Å². The number of primary amides is 1. The third kappa shape index (κ3) is 3.73. The third-order valence-electron chi connectivity index (χ3n) is 3.00. The molecule has 5 heteroatoms. The smallest absolute Gasteiger partial charge is 0.250 e. The van der Waals surface area contributed by atoms with E-state index in [0.717, 1.165) is 5.56 Å². The molecule has 2 amide bonds. The maximum Gasteiger partial charge on any atom is 0.250 e. The highest BCUT2D eigenvalue weighted by Crippen LogP contribution is 2.19. The number of amides is 2. The molecule has 112 valence electrons. The van der Waals surface area contributed by atoms with Gasteiger partial charge in [-0.1, -0.05) is 30.3 Å². The average molecular weight is 296 g/mol. The number of nitrogens with two attached hydrogens (primary N) is 1. The van der Waals surface area contributed by atoms with E-state index in [4.69, 9.17) is 10.5 Å². The van der Waals surface area contributed by atoms with Crippen LogP contribution in [0.4, 0.5) is 5.69 Å². The van der Waals surface area contributed by atoms with Gasteiger partial charge in [0.05, 0.1) is 18.4 Å². The fourth-order valence-electron chi connectivity index (χ4n) is 1.95. The summed E-state index contributed by atoms with van der Waals surface area (Å²) in [6.45, 7) is 0. The predicted molar refractivity (Wildman–Crippen MR) is 85.6 cm³/mol. The van der Waals surface area contributed by atoms with Gasteiger partial charge in [0.2, 0.25) is 5.91 Å². The number of ether oxygens (including phenoxy) is 1. The highest BCUT2D eigenvalue weighted by molar-refractivity contribution is 6.07. The van der Waals surface area contributed by atoms with Crippen LogP contribution in [0.3, 0.4) is 0 Å². The van der Waals surface area contributed by atoms with Crippen LogP contribution >= 0.6 is 0 Å². The van der Waals surface area contributed by atoms with Crippen molar-refractivity contribution < 1.29 is 14.3 Å². The molecule has 2 aromatic carbocycles. The van der Waals surface area contributed by atoms with E-state index < -0.39 is 5.91 Å². The lowest BCUT2D eigenvalue weighted by Gasteiger charge is -2.07. The van der Waals surface area contributed by atoms with Gasteiger partial charge in [-0.05, 0) is 24.3 Å². The Balaban J connectivity index is 2.14. The number of nitrogens with one attached hydrogen (secondary N) is 1. The van der Waals surface area contributed by atoms with E-state index in [-0.39, 0.29) is 11.5 Å². The van der Waals surface area contributed by atoms with Crippen molar-refractivity contribution >= 4 is 23.6 Å². The van der Waals surface area contributed by atoms with Crippen LogP contribution in [-0.2, 0) is 4.79 Å². The van der Waals surface area contributed by atoms with Gasteiger partial charge in [0.25, 0.3) is 5.91 Å². The van der Waals surface area contributed by atoms with Crippen LogP contribution in [-0.4, -0.2) is 18.9 Å². The molecule has 5 nitrogen and oxygen atoms in total. The standard InChI is InChI=1S/C17H16N2O3/c1-22-15-9-5-2-6-12(15)10-11-16(20)19-14-8-4-3-7-13(14)17(18)21/h2-11H,1H3,(H2,18,21)(H,19,20)/b11-10+. The summed E-state index contributed by atoms with van der Waals surface area (Å²) in [5.74, 6) is -0.284. The first kappa shape index (κ1) is 15.3. The molecule has 0 unspecified atom stereocenters. The van der Waals surface area contributed by atoms with Crippen LogP contribution in [0.5, 0.6) is 5.75 Å². The molecule has 0 heterocycles. The summed E-state index contributed by atoms with van der Waals surface area (Å²) in [7, 11) is 1.57. The summed E-state index contributed by atoms with van der Waals surface area (Å²) in [6, 6.07) is 13.9. The fourth-order valence-corrected chi connectivity index (χ4v) is 1.95. The van der Waals surface area contributed by atoms with E-state index in [9.17, 15) is 9.59 Å². The second kappa shape index (κ2) is 7.08. The Morgan fingerprint density at radius 2 is 1.77 bits per heavy atom. The van der Waals surface area contributed by atoms with Gasteiger partial charge < -0.3 is 15.8 Å². The number of carbonyl (C=O) groups excluding carboxylic acids is 2. The number of para-hydroxylation sites is 2. The first-order valence-electron chi connectivity index (χ1n) is 6.62. The van der Waals surface area contributed by atoms with Crippen molar-refractivity contribution in [2.75, 3.05) is 12.4 Å². The molecular weight excluding hydrogens is 280 g/mol. The number of methoxy groups -OCH3 is 1. The number of hydrogen-bond donors (Lipinski definition) is 2. The topological polar surface area (TPSA) is 81.4 Å². The lowest BCUT2D eigenvalue weighted by Crippen LogP contribution is -2.16. The molecule has 2 rings (SSSR count). The molecule has 0 bridgehead atoms. The van der Waals surface area contributed by atoms with Crippen LogP contribution in [0.2, 0.25) is 0 Å². The second-order valence-electron chi connectivity index (χ2n) is 4.47. The van der Waals surface area contributed by atoms with E-state index in [1.54, 1.807) is 43.5 Å². The lowest BCUT2D eigenvalue weighted by molar-refractivity contribution is -0.111. The maximum absolute atomic E-state index is 12.0. The molecule has 0 saturated heterocycles. The van der Waals surface area contributed by atoms with Gasteiger partial charge in [0.1, 0.15) is 5.75 Å². The van der Waals surface area contributed by atoms with Crippen molar-refractivity contribution in [1.29, 1.82) is 0 Å². The summed E-state index contributed by atoms with van der Waals surface area (Å²) < 4.78 is 5.20. The Bertz CT molecular complexity index is 723. The van der Waals surface area contributed by atoms with Gasteiger partial charge in [0, 0.05) is 11.6 Å². The van der Waals surface area contributed by atoms with Crippen molar-refractivity contribution in [3.63, 3.8) is 0 Å². The fraction of sp³-hybridized carbons (Fsp3) is 0.0588. The zero-order valence-corrected chi connectivity index (χ0v) is 12.1. The molecule has 2 aromatic rings. The first-order valence-corrected chi connectivity index (χ1v) is 6.62. The Hall–Kier alpha value is -3.08.